The summed E-state index contributed by atoms with van der Waals surface area (Å²) in [6.45, 7) is 0.249. The van der Waals surface area contributed by atoms with Crippen LogP contribution in [0.1, 0.15) is 0 Å². The van der Waals surface area contributed by atoms with E-state index in [0.29, 0.717) is 0 Å². The summed E-state index contributed by atoms with van der Waals surface area (Å²) in [7, 11) is 0. The maximum atomic E-state index is 2.39. The Hall–Kier alpha value is -3.84. The first-order chi connectivity index (χ1) is 15.4. The molecule has 0 unspecified atom stereocenters. The molecule has 0 nitrogen and oxygen atoms in total. The van der Waals surface area contributed by atoms with Crippen LogP contribution >= 0.6 is 0 Å². The second-order valence-corrected chi connectivity index (χ2v) is 8.18. The monoisotopic (exact) mass is 392 g/mol. The maximum absolute atomic E-state index is 2.39. The van der Waals surface area contributed by atoms with Crippen molar-refractivity contribution in [1.82, 2.24) is 0 Å². The highest BCUT2D eigenvalue weighted by atomic mass is 14.2. The van der Waals surface area contributed by atoms with E-state index in [2.05, 4.69) is 127 Å². The van der Waals surface area contributed by atoms with E-state index >= 15 is 0 Å². The highest BCUT2D eigenvalue weighted by molar-refractivity contribution is 6.99. The molecule has 0 atom stereocenters. The Morgan fingerprint density at radius 1 is 0.355 bits per heavy atom. The van der Waals surface area contributed by atoms with Crippen LogP contribution in [0.2, 0.25) is 0 Å². The lowest BCUT2D eigenvalue weighted by Crippen LogP contribution is -2.48. The first-order valence-corrected chi connectivity index (χ1v) is 10.8. The summed E-state index contributed by atoms with van der Waals surface area (Å²) in [5, 5.41) is 0. The molecule has 0 fully saturated rings. The van der Waals surface area contributed by atoms with Gasteiger partial charge in [-0.05, 0) is 33.4 Å². The van der Waals surface area contributed by atoms with Crippen LogP contribution in [0.15, 0.2) is 127 Å². The first kappa shape index (κ1) is 18.0. The first-order valence-electron chi connectivity index (χ1n) is 10.8. The number of hydrogen-bond acceptors (Lipinski definition) is 0. The van der Waals surface area contributed by atoms with E-state index in [9.17, 15) is 0 Å². The molecule has 5 aromatic rings. The minimum absolute atomic E-state index is 0.249. The predicted molar refractivity (Wildman–Crippen MR) is 134 cm³/mol. The van der Waals surface area contributed by atoms with Crippen molar-refractivity contribution in [2.24, 2.45) is 0 Å². The van der Waals surface area contributed by atoms with Gasteiger partial charge in [0.1, 0.15) is 0 Å². The van der Waals surface area contributed by atoms with Gasteiger partial charge in [-0.1, -0.05) is 144 Å². The zero-order valence-corrected chi connectivity index (χ0v) is 17.2. The van der Waals surface area contributed by atoms with Crippen LogP contribution in [0.3, 0.4) is 0 Å². The second-order valence-electron chi connectivity index (χ2n) is 8.18. The van der Waals surface area contributed by atoms with Crippen LogP contribution in [0.25, 0.3) is 33.4 Å². The molecular weight excluding hydrogens is 371 g/mol. The van der Waals surface area contributed by atoms with Gasteiger partial charge in [0.15, 0.2) is 0 Å². The van der Waals surface area contributed by atoms with Gasteiger partial charge in [0.25, 0.3) is 0 Å². The van der Waals surface area contributed by atoms with E-state index in [-0.39, 0.29) is 6.71 Å². The van der Waals surface area contributed by atoms with Crippen molar-refractivity contribution < 1.29 is 0 Å². The highest BCUT2D eigenvalue weighted by Crippen LogP contribution is 2.30. The van der Waals surface area contributed by atoms with Crippen LogP contribution in [-0.2, 0) is 0 Å². The molecule has 0 spiro atoms. The molecule has 0 aliphatic carbocycles. The van der Waals surface area contributed by atoms with Gasteiger partial charge in [0.2, 0.25) is 6.71 Å². The largest absolute Gasteiger partial charge is 0.242 e. The fraction of sp³-hybridized carbons (Fsp3) is 0. The summed E-state index contributed by atoms with van der Waals surface area (Å²) < 4.78 is 0. The van der Waals surface area contributed by atoms with Crippen molar-refractivity contribution in [2.75, 3.05) is 0 Å². The average Bonchev–Trinajstić information content (AvgIpc) is 3.18. The lowest BCUT2D eigenvalue weighted by atomic mass is 9.39. The van der Waals surface area contributed by atoms with Crippen LogP contribution < -0.4 is 16.4 Å². The number of benzene rings is 5. The molecule has 5 aromatic carbocycles. The topological polar surface area (TPSA) is 0 Å². The van der Waals surface area contributed by atoms with Crippen molar-refractivity contribution >= 4 is 23.1 Å². The Kier molecular flexibility index (Phi) is 4.32. The molecular formula is C30H21B. The predicted octanol–water partition coefficient (Wildman–Crippen LogP) is 5.52. The Labute approximate surface area is 183 Å². The lowest BCUT2D eigenvalue weighted by Gasteiger charge is -2.13. The van der Waals surface area contributed by atoms with E-state index in [0.717, 1.165) is 0 Å². The molecule has 0 aromatic heterocycles. The molecule has 6 rings (SSSR count). The summed E-state index contributed by atoms with van der Waals surface area (Å²) in [6, 6.07) is 46.2. The van der Waals surface area contributed by atoms with Gasteiger partial charge >= 0.3 is 0 Å². The Balaban J connectivity index is 1.56. The number of rotatable bonds is 3. The fourth-order valence-electron chi connectivity index (χ4n) is 4.89. The van der Waals surface area contributed by atoms with Gasteiger partial charge in [-0.15, -0.1) is 0 Å². The van der Waals surface area contributed by atoms with Crippen LogP contribution in [0, 0.1) is 0 Å². The Bertz CT molecular complexity index is 1270. The highest BCUT2D eigenvalue weighted by Gasteiger charge is 2.33. The molecule has 31 heavy (non-hydrogen) atoms. The van der Waals surface area contributed by atoms with Crippen LogP contribution in [-0.4, -0.2) is 6.71 Å². The molecule has 0 saturated heterocycles. The molecule has 0 N–H and O–H groups in total. The smallest absolute Gasteiger partial charge is 0.0686 e. The zero-order valence-electron chi connectivity index (χ0n) is 17.2. The second kappa shape index (κ2) is 7.45. The van der Waals surface area contributed by atoms with E-state index in [1.807, 2.05) is 0 Å². The molecule has 1 heteroatoms. The van der Waals surface area contributed by atoms with Gasteiger partial charge in [0.05, 0.1) is 0 Å². The third-order valence-electron chi connectivity index (χ3n) is 6.36. The molecule has 0 saturated carbocycles. The summed E-state index contributed by atoms with van der Waals surface area (Å²) in [5.41, 5.74) is 11.9. The van der Waals surface area contributed by atoms with Gasteiger partial charge in [-0.2, -0.15) is 0 Å². The molecule has 0 amide bonds. The van der Waals surface area contributed by atoms with E-state index in [4.69, 9.17) is 0 Å². The molecule has 1 aliphatic heterocycles. The van der Waals surface area contributed by atoms with E-state index in [1.165, 1.54) is 49.8 Å². The Morgan fingerprint density at radius 3 is 1.23 bits per heavy atom. The van der Waals surface area contributed by atoms with Crippen molar-refractivity contribution in [3.8, 4) is 33.4 Å². The quantitative estimate of drug-likeness (QED) is 0.348. The minimum atomic E-state index is 0.249. The molecule has 144 valence electrons. The normalized spacial score (nSPS) is 11.8. The SMILES string of the molecule is c1ccc(B2c3cc(-c4ccccc4)ccc3-c3ccc(-c4ccccc4)cc32)cc1. The lowest BCUT2D eigenvalue weighted by molar-refractivity contribution is 1.62. The van der Waals surface area contributed by atoms with Gasteiger partial charge in [0, 0.05) is 0 Å². The van der Waals surface area contributed by atoms with Crippen molar-refractivity contribution in [3.05, 3.63) is 127 Å². The summed E-state index contributed by atoms with van der Waals surface area (Å²) in [4.78, 5) is 0. The van der Waals surface area contributed by atoms with Crippen LogP contribution in [0.4, 0.5) is 0 Å². The number of hydrogen-bond donors (Lipinski definition) is 0. The van der Waals surface area contributed by atoms with Gasteiger partial charge in [-0.25, -0.2) is 0 Å². The van der Waals surface area contributed by atoms with Crippen molar-refractivity contribution in [1.29, 1.82) is 0 Å². The maximum Gasteiger partial charge on any atom is 0.242 e. The summed E-state index contributed by atoms with van der Waals surface area (Å²) >= 11 is 0. The minimum Gasteiger partial charge on any atom is -0.0686 e. The van der Waals surface area contributed by atoms with E-state index < -0.39 is 0 Å². The summed E-state index contributed by atoms with van der Waals surface area (Å²) in [6.07, 6.45) is 0. The summed E-state index contributed by atoms with van der Waals surface area (Å²) in [5.74, 6) is 0. The fourth-order valence-corrected chi connectivity index (χ4v) is 4.89. The average molecular weight is 392 g/mol. The molecule has 0 bridgehead atoms. The Morgan fingerprint density at radius 2 is 0.774 bits per heavy atom. The standard InChI is InChI=1S/C30H21B/c1-4-10-22(11-5-1)24-16-18-27-28-19-17-25(23-12-6-2-7-13-23)21-30(28)31(29(27)20-24)26-14-8-3-9-15-26/h1-21H. The van der Waals surface area contributed by atoms with Crippen LogP contribution in [0.5, 0.6) is 0 Å². The number of fused-ring (bicyclic) bond motifs is 3. The third-order valence-corrected chi connectivity index (χ3v) is 6.36. The van der Waals surface area contributed by atoms with Crippen molar-refractivity contribution in [2.45, 2.75) is 0 Å². The van der Waals surface area contributed by atoms with Gasteiger partial charge < -0.3 is 0 Å². The van der Waals surface area contributed by atoms with E-state index in [1.54, 1.807) is 0 Å². The molecule has 1 aliphatic rings. The third kappa shape index (κ3) is 3.10. The van der Waals surface area contributed by atoms with Crippen molar-refractivity contribution in [3.63, 3.8) is 0 Å². The molecule has 1 heterocycles. The zero-order chi connectivity index (χ0) is 20.6. The molecule has 0 radical (unpaired) electrons. The van der Waals surface area contributed by atoms with Gasteiger partial charge in [-0.3, -0.25) is 0 Å².